The van der Waals surface area contributed by atoms with Crippen LogP contribution in [0.1, 0.15) is 36.5 Å². The summed E-state index contributed by atoms with van der Waals surface area (Å²) in [6.45, 7) is 4.15. The van der Waals surface area contributed by atoms with E-state index in [-0.39, 0.29) is 23.8 Å². The van der Waals surface area contributed by atoms with E-state index in [2.05, 4.69) is 16.8 Å². The van der Waals surface area contributed by atoms with Crippen molar-refractivity contribution in [2.75, 3.05) is 13.1 Å². The van der Waals surface area contributed by atoms with E-state index in [1.54, 1.807) is 0 Å². The molecule has 5 heteroatoms. The molecule has 1 N–H and O–H groups in total. The lowest BCUT2D eigenvalue weighted by molar-refractivity contribution is -0.129. The van der Waals surface area contributed by atoms with Gasteiger partial charge in [-0.05, 0) is 25.8 Å². The van der Waals surface area contributed by atoms with Crippen LogP contribution in [0.4, 0.5) is 0 Å². The largest absolute Gasteiger partial charge is 0.350 e. The highest BCUT2D eigenvalue weighted by Gasteiger charge is 2.35. The van der Waals surface area contributed by atoms with E-state index in [9.17, 15) is 9.59 Å². The van der Waals surface area contributed by atoms with E-state index in [0.717, 1.165) is 42.3 Å². The Labute approximate surface area is 141 Å². The van der Waals surface area contributed by atoms with Gasteiger partial charge in [0.25, 0.3) is 5.91 Å². The minimum atomic E-state index is 0.0625. The van der Waals surface area contributed by atoms with Crippen LogP contribution in [-0.4, -0.2) is 40.4 Å². The number of rotatable bonds is 4. The van der Waals surface area contributed by atoms with Crippen LogP contribution in [0.15, 0.2) is 30.5 Å². The highest BCUT2D eigenvalue weighted by atomic mass is 16.2. The summed E-state index contributed by atoms with van der Waals surface area (Å²) in [6, 6.07) is 8.13. The molecule has 24 heavy (non-hydrogen) atoms. The Morgan fingerprint density at radius 3 is 2.62 bits per heavy atom. The number of hydrogen-bond acceptors (Lipinski definition) is 2. The highest BCUT2D eigenvalue weighted by Crippen LogP contribution is 2.27. The predicted molar refractivity (Wildman–Crippen MR) is 92.8 cm³/mol. The number of carbonyl (C=O) groups is 2. The van der Waals surface area contributed by atoms with Gasteiger partial charge in [-0.15, -0.1) is 0 Å². The van der Waals surface area contributed by atoms with Gasteiger partial charge >= 0.3 is 0 Å². The van der Waals surface area contributed by atoms with Crippen LogP contribution in [0.2, 0.25) is 0 Å². The van der Waals surface area contributed by atoms with Crippen LogP contribution in [0.3, 0.4) is 0 Å². The number of nitrogens with zero attached hydrogens (tertiary/aromatic N) is 2. The van der Waals surface area contributed by atoms with Crippen molar-refractivity contribution >= 4 is 22.7 Å². The third-order valence-corrected chi connectivity index (χ3v) is 5.35. The van der Waals surface area contributed by atoms with E-state index < -0.39 is 0 Å². The first-order valence-corrected chi connectivity index (χ1v) is 8.85. The van der Waals surface area contributed by atoms with Gasteiger partial charge in [0.05, 0.1) is 11.6 Å². The lowest BCUT2D eigenvalue weighted by Crippen LogP contribution is -2.61. The molecule has 2 aromatic rings. The summed E-state index contributed by atoms with van der Waals surface area (Å²) in [5, 5.41) is 4.08. The molecule has 0 radical (unpaired) electrons. The number of aromatic nitrogens is 1. The molecule has 0 bridgehead atoms. The van der Waals surface area contributed by atoms with Crippen LogP contribution in [-0.2, 0) is 11.3 Å². The van der Waals surface area contributed by atoms with Crippen LogP contribution < -0.4 is 5.32 Å². The molecule has 126 valence electrons. The van der Waals surface area contributed by atoms with Crippen LogP contribution in [0.5, 0.6) is 0 Å². The fourth-order valence-corrected chi connectivity index (χ4v) is 3.57. The Balaban J connectivity index is 1.43. The maximum Gasteiger partial charge on any atom is 0.256 e. The van der Waals surface area contributed by atoms with Gasteiger partial charge in [0.2, 0.25) is 5.91 Å². The van der Waals surface area contributed by atoms with Crippen molar-refractivity contribution < 1.29 is 9.59 Å². The summed E-state index contributed by atoms with van der Waals surface area (Å²) in [5.74, 6) is 0.436. The molecule has 1 aliphatic carbocycles. The maximum atomic E-state index is 12.8. The smallest absolute Gasteiger partial charge is 0.256 e. The minimum Gasteiger partial charge on any atom is -0.350 e. The third kappa shape index (κ3) is 2.48. The standard InChI is InChI=1S/C19H23N3O2/c1-2-21-12-16(15-8-3-4-9-17(15)21)19(24)22-10-14(11-22)20-18(23)13-6-5-7-13/h3-4,8-9,12-14H,2,5-7,10-11H2,1H3,(H,20,23). The molecule has 4 rings (SSSR count). The molecule has 1 saturated carbocycles. The first-order chi connectivity index (χ1) is 11.7. The van der Waals surface area contributed by atoms with Crippen LogP contribution >= 0.6 is 0 Å². The molecule has 0 spiro atoms. The number of benzene rings is 1. The molecule has 2 fully saturated rings. The molecule has 2 heterocycles. The van der Waals surface area contributed by atoms with E-state index in [4.69, 9.17) is 0 Å². The van der Waals surface area contributed by atoms with Gasteiger partial charge in [-0.25, -0.2) is 0 Å². The minimum absolute atomic E-state index is 0.0625. The first-order valence-electron chi connectivity index (χ1n) is 8.85. The molecule has 1 saturated heterocycles. The van der Waals surface area contributed by atoms with Gasteiger partial charge in [-0.3, -0.25) is 9.59 Å². The van der Waals surface area contributed by atoms with Gasteiger partial charge in [0, 0.05) is 42.7 Å². The zero-order valence-corrected chi connectivity index (χ0v) is 14.0. The Morgan fingerprint density at radius 1 is 1.21 bits per heavy atom. The zero-order valence-electron chi connectivity index (χ0n) is 14.0. The van der Waals surface area contributed by atoms with E-state index >= 15 is 0 Å². The Hall–Kier alpha value is -2.30. The number of amides is 2. The molecular weight excluding hydrogens is 302 g/mol. The summed E-state index contributed by atoms with van der Waals surface area (Å²) in [7, 11) is 0. The summed E-state index contributed by atoms with van der Waals surface area (Å²) < 4.78 is 2.11. The summed E-state index contributed by atoms with van der Waals surface area (Å²) in [4.78, 5) is 26.6. The van der Waals surface area contributed by atoms with Crippen LogP contribution in [0, 0.1) is 5.92 Å². The predicted octanol–water partition coefficient (Wildman–Crippen LogP) is 2.40. The lowest BCUT2D eigenvalue weighted by Gasteiger charge is -2.40. The molecule has 1 aromatic heterocycles. The average molecular weight is 325 g/mol. The third-order valence-electron chi connectivity index (χ3n) is 5.35. The molecule has 0 unspecified atom stereocenters. The SMILES string of the molecule is CCn1cc(C(=O)N2CC(NC(=O)C3CCC3)C2)c2ccccc21. The van der Waals surface area contributed by atoms with E-state index in [1.165, 1.54) is 0 Å². The van der Waals surface area contributed by atoms with Gasteiger partial charge in [-0.2, -0.15) is 0 Å². The lowest BCUT2D eigenvalue weighted by atomic mass is 9.84. The molecule has 2 aliphatic rings. The topological polar surface area (TPSA) is 54.3 Å². The number of carbonyl (C=O) groups excluding carboxylic acids is 2. The van der Waals surface area contributed by atoms with Gasteiger partial charge in [0.15, 0.2) is 0 Å². The molecule has 5 nitrogen and oxygen atoms in total. The zero-order chi connectivity index (χ0) is 16.7. The van der Waals surface area contributed by atoms with E-state index in [1.807, 2.05) is 35.4 Å². The fourth-order valence-electron chi connectivity index (χ4n) is 3.57. The monoisotopic (exact) mass is 325 g/mol. The number of aryl methyl sites for hydroxylation is 1. The van der Waals surface area contributed by atoms with Gasteiger partial charge in [-0.1, -0.05) is 24.6 Å². The molecule has 1 aliphatic heterocycles. The second-order valence-corrected chi connectivity index (χ2v) is 6.89. The summed E-state index contributed by atoms with van der Waals surface area (Å²) in [5.41, 5.74) is 1.86. The number of likely N-dealkylation sites (tertiary alicyclic amines) is 1. The average Bonchev–Trinajstić information content (AvgIpc) is 2.87. The second kappa shape index (κ2) is 5.96. The quantitative estimate of drug-likeness (QED) is 0.938. The highest BCUT2D eigenvalue weighted by molar-refractivity contribution is 6.07. The normalized spacial score (nSPS) is 18.3. The number of hydrogen-bond donors (Lipinski definition) is 1. The number of nitrogens with one attached hydrogen (secondary N) is 1. The molecule has 1 aromatic carbocycles. The molecule has 2 amide bonds. The van der Waals surface area contributed by atoms with Crippen molar-refractivity contribution in [1.29, 1.82) is 0 Å². The molecule has 0 atom stereocenters. The van der Waals surface area contributed by atoms with Crippen molar-refractivity contribution in [2.45, 2.75) is 38.8 Å². The Bertz CT molecular complexity index is 785. The Morgan fingerprint density at radius 2 is 1.96 bits per heavy atom. The first kappa shape index (κ1) is 15.2. The van der Waals surface area contributed by atoms with Gasteiger partial charge < -0.3 is 14.8 Å². The van der Waals surface area contributed by atoms with Crippen molar-refractivity contribution in [3.8, 4) is 0 Å². The Kier molecular flexibility index (Phi) is 3.79. The van der Waals surface area contributed by atoms with E-state index in [0.29, 0.717) is 13.1 Å². The number of fused-ring (bicyclic) bond motifs is 1. The second-order valence-electron chi connectivity index (χ2n) is 6.89. The fraction of sp³-hybridized carbons (Fsp3) is 0.474. The number of para-hydroxylation sites is 1. The van der Waals surface area contributed by atoms with Crippen LogP contribution in [0.25, 0.3) is 10.9 Å². The van der Waals surface area contributed by atoms with Crippen molar-refractivity contribution in [3.63, 3.8) is 0 Å². The summed E-state index contributed by atoms with van der Waals surface area (Å²) in [6.07, 6.45) is 5.14. The summed E-state index contributed by atoms with van der Waals surface area (Å²) >= 11 is 0. The molecular formula is C19H23N3O2. The van der Waals surface area contributed by atoms with Crippen molar-refractivity contribution in [2.24, 2.45) is 5.92 Å². The van der Waals surface area contributed by atoms with Crippen molar-refractivity contribution in [1.82, 2.24) is 14.8 Å². The van der Waals surface area contributed by atoms with Gasteiger partial charge in [0.1, 0.15) is 0 Å². The maximum absolute atomic E-state index is 12.8. The van der Waals surface area contributed by atoms with Crippen molar-refractivity contribution in [3.05, 3.63) is 36.0 Å².